The molecule has 0 unspecified atom stereocenters. The molecule has 4 heteroatoms. The van der Waals surface area contributed by atoms with E-state index in [0.717, 1.165) is 22.1 Å². The van der Waals surface area contributed by atoms with Crippen LogP contribution in [0.25, 0.3) is 0 Å². The van der Waals surface area contributed by atoms with Gasteiger partial charge in [-0.05, 0) is 55.3 Å². The van der Waals surface area contributed by atoms with Gasteiger partial charge in [-0.2, -0.15) is 0 Å². The van der Waals surface area contributed by atoms with E-state index in [-0.39, 0.29) is 11.7 Å². The molecule has 1 heterocycles. The normalized spacial score (nSPS) is 13.1. The third kappa shape index (κ3) is 2.63. The van der Waals surface area contributed by atoms with E-state index in [0.29, 0.717) is 17.7 Å². The lowest BCUT2D eigenvalue weighted by atomic mass is 10.1. The van der Waals surface area contributed by atoms with Crippen molar-refractivity contribution in [3.63, 3.8) is 0 Å². The van der Waals surface area contributed by atoms with Gasteiger partial charge in [-0.25, -0.2) is 0 Å². The Labute approximate surface area is 131 Å². The van der Waals surface area contributed by atoms with Crippen LogP contribution in [0, 0.1) is 0 Å². The van der Waals surface area contributed by atoms with Crippen LogP contribution in [0.2, 0.25) is 0 Å². The zero-order valence-electron chi connectivity index (χ0n) is 11.6. The van der Waals surface area contributed by atoms with E-state index in [4.69, 9.17) is 0 Å². The Bertz CT molecular complexity index is 739. The Morgan fingerprint density at radius 2 is 1.90 bits per heavy atom. The number of carbonyl (C=O) groups is 2. The number of amides is 1. The number of anilines is 1. The number of benzene rings is 2. The van der Waals surface area contributed by atoms with Gasteiger partial charge in [-0.1, -0.05) is 22.0 Å². The third-order valence-electron chi connectivity index (χ3n) is 3.70. The zero-order valence-corrected chi connectivity index (χ0v) is 13.2. The van der Waals surface area contributed by atoms with E-state index in [2.05, 4.69) is 15.9 Å². The Hall–Kier alpha value is -1.94. The van der Waals surface area contributed by atoms with Gasteiger partial charge < -0.3 is 4.90 Å². The minimum atomic E-state index is -0.00868. The number of rotatable bonds is 2. The summed E-state index contributed by atoms with van der Waals surface area (Å²) in [5.41, 5.74) is 3.33. The van der Waals surface area contributed by atoms with Crippen molar-refractivity contribution in [1.29, 1.82) is 0 Å². The number of hydrogen-bond donors (Lipinski definition) is 0. The highest BCUT2D eigenvalue weighted by Crippen LogP contribution is 2.30. The van der Waals surface area contributed by atoms with E-state index in [1.54, 1.807) is 17.9 Å². The predicted octanol–water partition coefficient (Wildman–Crippen LogP) is 3.85. The first kappa shape index (κ1) is 14.0. The molecule has 1 amide bonds. The van der Waals surface area contributed by atoms with E-state index >= 15 is 0 Å². The van der Waals surface area contributed by atoms with Crippen molar-refractivity contribution in [3.05, 3.63) is 63.6 Å². The fraction of sp³-hybridized carbons (Fsp3) is 0.176. The van der Waals surface area contributed by atoms with E-state index in [1.807, 2.05) is 36.4 Å². The van der Waals surface area contributed by atoms with Crippen LogP contribution >= 0.6 is 15.9 Å². The summed E-state index contributed by atoms with van der Waals surface area (Å²) in [6.07, 6.45) is 0.788. The van der Waals surface area contributed by atoms with Crippen molar-refractivity contribution in [1.82, 2.24) is 0 Å². The van der Waals surface area contributed by atoms with Crippen LogP contribution in [0.1, 0.15) is 33.2 Å². The Morgan fingerprint density at radius 1 is 1.10 bits per heavy atom. The molecular weight excluding hydrogens is 330 g/mol. The number of ketones is 1. The number of halogens is 1. The summed E-state index contributed by atoms with van der Waals surface area (Å²) in [4.78, 5) is 25.8. The van der Waals surface area contributed by atoms with Crippen molar-refractivity contribution >= 4 is 33.3 Å². The topological polar surface area (TPSA) is 37.4 Å². The molecule has 0 N–H and O–H groups in total. The largest absolute Gasteiger partial charge is 0.308 e. The highest BCUT2D eigenvalue weighted by molar-refractivity contribution is 9.10. The second-order valence-electron chi connectivity index (χ2n) is 5.12. The van der Waals surface area contributed by atoms with Crippen molar-refractivity contribution in [3.8, 4) is 0 Å². The van der Waals surface area contributed by atoms with Crippen molar-refractivity contribution in [2.24, 2.45) is 0 Å². The van der Waals surface area contributed by atoms with Crippen molar-refractivity contribution in [2.75, 3.05) is 11.4 Å². The summed E-state index contributed by atoms with van der Waals surface area (Å²) in [5.74, 6) is 0.0418. The maximum Gasteiger partial charge on any atom is 0.258 e. The summed E-state index contributed by atoms with van der Waals surface area (Å²) in [5, 5.41) is 0. The number of hydrogen-bond acceptors (Lipinski definition) is 2. The molecule has 3 rings (SSSR count). The molecule has 0 aliphatic carbocycles. The Kier molecular flexibility index (Phi) is 3.64. The van der Waals surface area contributed by atoms with Crippen molar-refractivity contribution < 1.29 is 9.59 Å². The molecule has 0 bridgehead atoms. The zero-order chi connectivity index (χ0) is 15.0. The fourth-order valence-corrected chi connectivity index (χ4v) is 3.01. The number of fused-ring (bicyclic) bond motifs is 1. The molecule has 0 radical (unpaired) electrons. The van der Waals surface area contributed by atoms with Gasteiger partial charge in [0.2, 0.25) is 0 Å². The van der Waals surface area contributed by atoms with Gasteiger partial charge in [0.1, 0.15) is 0 Å². The Balaban J connectivity index is 1.94. The van der Waals surface area contributed by atoms with E-state index in [1.165, 1.54) is 0 Å². The first-order valence-electron chi connectivity index (χ1n) is 6.77. The minimum Gasteiger partial charge on any atom is -0.308 e. The van der Waals surface area contributed by atoms with Gasteiger partial charge in [0.15, 0.2) is 5.78 Å². The molecule has 21 heavy (non-hydrogen) atoms. The fourth-order valence-electron chi connectivity index (χ4n) is 2.61. The van der Waals surface area contributed by atoms with E-state index < -0.39 is 0 Å². The molecule has 0 saturated carbocycles. The molecule has 1 aliphatic rings. The maximum atomic E-state index is 12.6. The summed E-state index contributed by atoms with van der Waals surface area (Å²) >= 11 is 3.39. The van der Waals surface area contributed by atoms with Crippen LogP contribution in [0.3, 0.4) is 0 Å². The summed E-state index contributed by atoms with van der Waals surface area (Å²) in [7, 11) is 0. The van der Waals surface area contributed by atoms with Crippen LogP contribution in [0.15, 0.2) is 46.9 Å². The molecule has 1 aliphatic heterocycles. The lowest BCUT2D eigenvalue weighted by Crippen LogP contribution is -2.28. The molecule has 106 valence electrons. The first-order chi connectivity index (χ1) is 10.1. The standard InChI is InChI=1S/C17H14BrNO2/c1-11(20)12-5-6-16-13(9-12)7-8-19(16)17(21)14-3-2-4-15(18)10-14/h2-6,9-10H,7-8H2,1H3. The molecule has 3 nitrogen and oxygen atoms in total. The number of carbonyl (C=O) groups excluding carboxylic acids is 2. The Morgan fingerprint density at radius 3 is 2.62 bits per heavy atom. The van der Waals surface area contributed by atoms with E-state index in [9.17, 15) is 9.59 Å². The molecule has 0 spiro atoms. The van der Waals surface area contributed by atoms with Gasteiger partial charge in [0.05, 0.1) is 0 Å². The van der Waals surface area contributed by atoms with Crippen molar-refractivity contribution in [2.45, 2.75) is 13.3 Å². The molecule has 2 aromatic carbocycles. The van der Waals surface area contributed by atoms with Crippen LogP contribution in [-0.2, 0) is 6.42 Å². The quantitative estimate of drug-likeness (QED) is 0.776. The highest BCUT2D eigenvalue weighted by atomic mass is 79.9. The summed E-state index contributed by atoms with van der Waals surface area (Å²) in [6, 6.07) is 12.9. The molecule has 0 fully saturated rings. The molecule has 0 atom stereocenters. The SMILES string of the molecule is CC(=O)c1ccc2c(c1)CCN2C(=O)c1cccc(Br)c1. The van der Waals surface area contributed by atoms with Gasteiger partial charge in [0, 0.05) is 27.8 Å². The maximum absolute atomic E-state index is 12.6. The predicted molar refractivity (Wildman–Crippen MR) is 86.0 cm³/mol. The second-order valence-corrected chi connectivity index (χ2v) is 6.03. The smallest absolute Gasteiger partial charge is 0.258 e. The highest BCUT2D eigenvalue weighted by Gasteiger charge is 2.26. The lowest BCUT2D eigenvalue weighted by molar-refractivity contribution is 0.0987. The van der Waals surface area contributed by atoms with Gasteiger partial charge in [-0.3, -0.25) is 9.59 Å². The molecule has 0 saturated heterocycles. The first-order valence-corrected chi connectivity index (χ1v) is 7.57. The third-order valence-corrected chi connectivity index (χ3v) is 4.19. The minimum absolute atomic E-state index is 0.00868. The van der Waals surface area contributed by atoms with Gasteiger partial charge >= 0.3 is 0 Å². The second kappa shape index (κ2) is 5.45. The average Bonchev–Trinajstić information content (AvgIpc) is 2.89. The van der Waals surface area contributed by atoms with Gasteiger partial charge in [-0.15, -0.1) is 0 Å². The molecule has 2 aromatic rings. The summed E-state index contributed by atoms with van der Waals surface area (Å²) < 4.78 is 0.889. The van der Waals surface area contributed by atoms with Gasteiger partial charge in [0.25, 0.3) is 5.91 Å². The summed E-state index contributed by atoms with van der Waals surface area (Å²) in [6.45, 7) is 2.21. The van der Waals surface area contributed by atoms with Crippen LogP contribution < -0.4 is 4.90 Å². The number of nitrogens with zero attached hydrogens (tertiary/aromatic N) is 1. The lowest BCUT2D eigenvalue weighted by Gasteiger charge is -2.17. The monoisotopic (exact) mass is 343 g/mol. The number of Topliss-reactive ketones (excluding diaryl/α,β-unsaturated/α-hetero) is 1. The van der Waals surface area contributed by atoms with Crippen LogP contribution in [0.5, 0.6) is 0 Å². The molecule has 0 aromatic heterocycles. The molecular formula is C17H14BrNO2. The van der Waals surface area contributed by atoms with Crippen LogP contribution in [0.4, 0.5) is 5.69 Å². The van der Waals surface area contributed by atoms with Crippen LogP contribution in [-0.4, -0.2) is 18.2 Å². The average molecular weight is 344 g/mol.